The monoisotopic (exact) mass is 227 g/mol. The molecule has 1 aromatic carbocycles. The molecule has 1 heterocycles. The minimum Gasteiger partial charge on any atom is -0.305 e. The van der Waals surface area contributed by atoms with Gasteiger partial charge in [-0.25, -0.2) is 0 Å². The van der Waals surface area contributed by atoms with Crippen LogP contribution in [0.4, 0.5) is 0 Å². The molecule has 1 unspecified atom stereocenters. The molecule has 3 rings (SSSR count). The van der Waals surface area contributed by atoms with Crippen LogP contribution in [0.1, 0.15) is 30.0 Å². The van der Waals surface area contributed by atoms with E-state index in [4.69, 9.17) is 0 Å². The van der Waals surface area contributed by atoms with Crippen LogP contribution in [-0.4, -0.2) is 10.2 Å². The van der Waals surface area contributed by atoms with Gasteiger partial charge in [-0.1, -0.05) is 30.3 Å². The number of H-pyrrole nitrogens is 1. The summed E-state index contributed by atoms with van der Waals surface area (Å²) in [6.45, 7) is 0.882. The Hall–Kier alpha value is -1.61. The van der Waals surface area contributed by atoms with Crippen molar-refractivity contribution in [1.82, 2.24) is 15.5 Å². The Morgan fingerprint density at radius 2 is 2.12 bits per heavy atom. The van der Waals surface area contributed by atoms with E-state index in [0.29, 0.717) is 6.04 Å². The van der Waals surface area contributed by atoms with Crippen molar-refractivity contribution in [3.63, 3.8) is 0 Å². The summed E-state index contributed by atoms with van der Waals surface area (Å²) >= 11 is 0. The molecule has 1 aliphatic rings. The first-order valence-electron chi connectivity index (χ1n) is 6.19. The van der Waals surface area contributed by atoms with Crippen LogP contribution in [0.2, 0.25) is 0 Å². The molecule has 1 atom stereocenters. The molecule has 1 aromatic heterocycles. The number of hydrogen-bond donors (Lipinski definition) is 2. The van der Waals surface area contributed by atoms with Crippen molar-refractivity contribution in [3.05, 3.63) is 53.9 Å². The van der Waals surface area contributed by atoms with Gasteiger partial charge in [-0.3, -0.25) is 5.10 Å². The lowest BCUT2D eigenvalue weighted by Gasteiger charge is -2.18. The summed E-state index contributed by atoms with van der Waals surface area (Å²) in [5.74, 6) is 0.810. The van der Waals surface area contributed by atoms with Crippen molar-refractivity contribution in [3.8, 4) is 0 Å². The van der Waals surface area contributed by atoms with Gasteiger partial charge in [-0.2, -0.15) is 5.10 Å². The van der Waals surface area contributed by atoms with Crippen LogP contribution in [0.5, 0.6) is 0 Å². The highest BCUT2D eigenvalue weighted by Gasteiger charge is 2.31. The van der Waals surface area contributed by atoms with E-state index in [1.165, 1.54) is 24.0 Å². The van der Waals surface area contributed by atoms with Gasteiger partial charge < -0.3 is 5.32 Å². The number of nitrogens with one attached hydrogen (secondary N) is 2. The predicted octanol–water partition coefficient (Wildman–Crippen LogP) is 2.65. The Morgan fingerprint density at radius 3 is 2.76 bits per heavy atom. The van der Waals surface area contributed by atoms with Gasteiger partial charge in [0.2, 0.25) is 0 Å². The summed E-state index contributed by atoms with van der Waals surface area (Å²) in [4.78, 5) is 0. The topological polar surface area (TPSA) is 40.7 Å². The molecular weight excluding hydrogens is 210 g/mol. The molecule has 3 heteroatoms. The van der Waals surface area contributed by atoms with Crippen LogP contribution in [0, 0.1) is 5.92 Å². The van der Waals surface area contributed by atoms with Crippen LogP contribution < -0.4 is 5.32 Å². The van der Waals surface area contributed by atoms with Crippen molar-refractivity contribution in [2.45, 2.75) is 25.4 Å². The fourth-order valence-corrected chi connectivity index (χ4v) is 2.25. The fourth-order valence-electron chi connectivity index (χ4n) is 2.25. The Bertz CT molecular complexity index is 446. The molecule has 0 aliphatic heterocycles. The average molecular weight is 227 g/mol. The van der Waals surface area contributed by atoms with E-state index in [0.717, 1.165) is 12.5 Å². The molecule has 88 valence electrons. The zero-order chi connectivity index (χ0) is 11.5. The molecule has 17 heavy (non-hydrogen) atoms. The zero-order valence-electron chi connectivity index (χ0n) is 9.76. The van der Waals surface area contributed by atoms with E-state index < -0.39 is 0 Å². The molecule has 0 spiro atoms. The maximum absolute atomic E-state index is 3.97. The highest BCUT2D eigenvalue weighted by molar-refractivity contribution is 5.21. The van der Waals surface area contributed by atoms with Gasteiger partial charge in [-0.05, 0) is 24.3 Å². The van der Waals surface area contributed by atoms with Gasteiger partial charge in [0.25, 0.3) is 0 Å². The van der Waals surface area contributed by atoms with Gasteiger partial charge in [0, 0.05) is 24.3 Å². The molecule has 1 saturated carbocycles. The molecule has 0 amide bonds. The van der Waals surface area contributed by atoms with E-state index in [1.54, 1.807) is 0 Å². The number of hydrogen-bond acceptors (Lipinski definition) is 2. The van der Waals surface area contributed by atoms with Crippen LogP contribution in [0.25, 0.3) is 0 Å². The highest BCUT2D eigenvalue weighted by atomic mass is 15.1. The molecule has 2 aromatic rings. The molecule has 0 bridgehead atoms. The first-order chi connectivity index (χ1) is 8.43. The van der Waals surface area contributed by atoms with Gasteiger partial charge in [-0.15, -0.1) is 0 Å². The molecule has 1 fully saturated rings. The molecule has 3 nitrogen and oxygen atoms in total. The summed E-state index contributed by atoms with van der Waals surface area (Å²) in [6, 6.07) is 11.2. The Labute approximate surface area is 101 Å². The molecule has 0 radical (unpaired) electrons. The fraction of sp³-hybridized carbons (Fsp3) is 0.357. The Morgan fingerprint density at radius 1 is 1.29 bits per heavy atom. The zero-order valence-corrected chi connectivity index (χ0v) is 9.76. The van der Waals surface area contributed by atoms with Gasteiger partial charge in [0.15, 0.2) is 0 Å². The second-order valence-corrected chi connectivity index (χ2v) is 4.71. The van der Waals surface area contributed by atoms with E-state index in [-0.39, 0.29) is 0 Å². The molecular formula is C14H17N3. The lowest BCUT2D eigenvalue weighted by Crippen LogP contribution is -2.22. The lowest BCUT2D eigenvalue weighted by molar-refractivity contribution is 0.480. The number of rotatable bonds is 5. The van der Waals surface area contributed by atoms with Crippen molar-refractivity contribution in [2.75, 3.05) is 0 Å². The minimum atomic E-state index is 0.492. The van der Waals surface area contributed by atoms with E-state index in [2.05, 4.69) is 45.8 Å². The van der Waals surface area contributed by atoms with E-state index in [1.807, 2.05) is 12.4 Å². The third-order valence-electron chi connectivity index (χ3n) is 3.33. The number of aromatic nitrogens is 2. The molecule has 2 N–H and O–H groups in total. The molecule has 1 aliphatic carbocycles. The van der Waals surface area contributed by atoms with Crippen molar-refractivity contribution >= 4 is 0 Å². The summed E-state index contributed by atoms with van der Waals surface area (Å²) < 4.78 is 0. The second kappa shape index (κ2) is 4.72. The largest absolute Gasteiger partial charge is 0.305 e. The number of benzene rings is 1. The summed E-state index contributed by atoms with van der Waals surface area (Å²) in [5.41, 5.74) is 2.62. The van der Waals surface area contributed by atoms with Gasteiger partial charge in [0.05, 0.1) is 6.20 Å². The summed E-state index contributed by atoms with van der Waals surface area (Å²) in [5, 5.41) is 10.5. The van der Waals surface area contributed by atoms with Crippen LogP contribution in [0.15, 0.2) is 42.7 Å². The smallest absolute Gasteiger partial charge is 0.0532 e. The normalized spacial score (nSPS) is 16.9. The van der Waals surface area contributed by atoms with Crippen LogP contribution in [0.3, 0.4) is 0 Å². The average Bonchev–Trinajstić information content (AvgIpc) is 3.07. The van der Waals surface area contributed by atoms with E-state index in [9.17, 15) is 0 Å². The van der Waals surface area contributed by atoms with Crippen molar-refractivity contribution < 1.29 is 0 Å². The predicted molar refractivity (Wildman–Crippen MR) is 67.3 cm³/mol. The maximum Gasteiger partial charge on any atom is 0.0532 e. The third-order valence-corrected chi connectivity index (χ3v) is 3.33. The standard InChI is InChI=1S/C14H17N3/c1-2-4-12(5-3-1)14(13-6-7-13)15-8-11-9-16-17-10-11/h1-5,9-10,13-15H,6-8H2,(H,16,17). The van der Waals surface area contributed by atoms with Crippen molar-refractivity contribution in [2.24, 2.45) is 5.92 Å². The first kappa shape index (κ1) is 10.5. The van der Waals surface area contributed by atoms with Gasteiger partial charge >= 0.3 is 0 Å². The molecule has 0 saturated heterocycles. The Kier molecular flexibility index (Phi) is 2.92. The summed E-state index contributed by atoms with van der Waals surface area (Å²) in [6.07, 6.45) is 6.51. The maximum atomic E-state index is 3.97. The summed E-state index contributed by atoms with van der Waals surface area (Å²) in [7, 11) is 0. The third kappa shape index (κ3) is 2.56. The van der Waals surface area contributed by atoms with Crippen LogP contribution >= 0.6 is 0 Å². The number of nitrogens with zero attached hydrogens (tertiary/aromatic N) is 1. The van der Waals surface area contributed by atoms with Crippen molar-refractivity contribution in [1.29, 1.82) is 0 Å². The highest BCUT2D eigenvalue weighted by Crippen LogP contribution is 2.41. The quantitative estimate of drug-likeness (QED) is 0.824. The number of aromatic amines is 1. The SMILES string of the molecule is c1ccc(C(NCc2cn[nH]c2)C2CC2)cc1. The van der Waals surface area contributed by atoms with Crippen LogP contribution in [-0.2, 0) is 6.54 Å². The van der Waals surface area contributed by atoms with Gasteiger partial charge in [0.1, 0.15) is 0 Å². The van der Waals surface area contributed by atoms with E-state index >= 15 is 0 Å². The Balaban J connectivity index is 1.68. The first-order valence-corrected chi connectivity index (χ1v) is 6.19. The minimum absolute atomic E-state index is 0.492. The lowest BCUT2D eigenvalue weighted by atomic mass is 10.0. The second-order valence-electron chi connectivity index (χ2n) is 4.71.